The number of nitrogens with zero attached hydrogens (tertiary/aromatic N) is 3. The van der Waals surface area contributed by atoms with Crippen LogP contribution in [0.4, 0.5) is 0 Å². The molecule has 5 rings (SSSR count). The summed E-state index contributed by atoms with van der Waals surface area (Å²) in [6.45, 7) is 5.83. The molecular weight excluding hydrogens is 488 g/mol. The molecule has 2 aromatic carbocycles. The van der Waals surface area contributed by atoms with Crippen molar-refractivity contribution in [3.63, 3.8) is 0 Å². The van der Waals surface area contributed by atoms with Crippen molar-refractivity contribution in [1.82, 2.24) is 20.1 Å². The monoisotopic (exact) mass is 514 g/mol. The fourth-order valence-electron chi connectivity index (χ4n) is 5.08. The van der Waals surface area contributed by atoms with Gasteiger partial charge in [-0.15, -0.1) is 0 Å². The molecule has 1 unspecified atom stereocenters. The zero-order chi connectivity index (χ0) is 27.5. The van der Waals surface area contributed by atoms with Gasteiger partial charge in [0.2, 0.25) is 0 Å². The molecule has 0 saturated carbocycles. The molecule has 1 aliphatic heterocycles. The number of carbonyl (C=O) groups excluding carboxylic acids is 3. The topological polar surface area (TPSA) is 144 Å². The molecule has 0 radical (unpaired) electrons. The number of Topliss-reactive ketones (excluding diaryl/α,β-unsaturated/α-hetero) is 2. The molecule has 3 N–H and O–H groups in total. The Morgan fingerprint density at radius 3 is 2.42 bits per heavy atom. The number of ether oxygens (including phenoxy) is 1. The van der Waals surface area contributed by atoms with Crippen molar-refractivity contribution in [2.24, 2.45) is 7.05 Å². The van der Waals surface area contributed by atoms with Gasteiger partial charge in [-0.3, -0.25) is 19.1 Å². The molecule has 0 fully saturated rings. The van der Waals surface area contributed by atoms with Crippen molar-refractivity contribution >= 4 is 17.3 Å². The van der Waals surface area contributed by atoms with Crippen LogP contribution in [0.5, 0.6) is 17.2 Å². The van der Waals surface area contributed by atoms with Crippen LogP contribution in [0.15, 0.2) is 59.8 Å². The number of phenols is 2. The Bertz CT molecular complexity index is 1600. The third-order valence-corrected chi connectivity index (χ3v) is 7.13. The summed E-state index contributed by atoms with van der Waals surface area (Å²) in [5.41, 5.74) is -0.695. The summed E-state index contributed by atoms with van der Waals surface area (Å²) in [6.07, 6.45) is 2.75. The molecule has 2 aliphatic rings. The number of fused-ring (bicyclic) bond motifs is 3. The molecule has 3 aromatic rings. The average Bonchev–Trinajstić information content (AvgIpc) is 3.43. The summed E-state index contributed by atoms with van der Waals surface area (Å²) >= 11 is 0. The van der Waals surface area contributed by atoms with E-state index < -0.39 is 34.6 Å². The number of phenolic OH excluding ortho intramolecular Hbond substituents is 2. The van der Waals surface area contributed by atoms with Crippen LogP contribution in [0.2, 0.25) is 0 Å². The van der Waals surface area contributed by atoms with Gasteiger partial charge in [-0.05, 0) is 33.3 Å². The van der Waals surface area contributed by atoms with E-state index in [9.17, 15) is 24.6 Å². The number of hydrogen-bond acceptors (Lipinski definition) is 9. The van der Waals surface area contributed by atoms with Crippen LogP contribution in [-0.2, 0) is 22.1 Å². The van der Waals surface area contributed by atoms with Crippen molar-refractivity contribution in [3.8, 4) is 17.2 Å². The van der Waals surface area contributed by atoms with Gasteiger partial charge in [-0.25, -0.2) is 4.98 Å². The van der Waals surface area contributed by atoms with Crippen molar-refractivity contribution < 1.29 is 29.3 Å². The lowest BCUT2D eigenvalue weighted by Crippen LogP contribution is -2.41. The Balaban J connectivity index is 1.65. The van der Waals surface area contributed by atoms with E-state index in [2.05, 4.69) is 15.4 Å². The first-order chi connectivity index (χ1) is 18.0. The maximum Gasteiger partial charge on any atom is 0.194 e. The van der Waals surface area contributed by atoms with Crippen LogP contribution in [0.1, 0.15) is 59.7 Å². The van der Waals surface area contributed by atoms with E-state index >= 15 is 0 Å². The lowest BCUT2D eigenvalue weighted by Gasteiger charge is -2.29. The number of nitrogens with one attached hydrogen (secondary N) is 1. The summed E-state index contributed by atoms with van der Waals surface area (Å²) in [5, 5.41) is 29.2. The van der Waals surface area contributed by atoms with Crippen molar-refractivity contribution in [1.29, 1.82) is 0 Å². The number of ketones is 3. The Hall–Kier alpha value is -4.73. The zero-order valence-electron chi connectivity index (χ0n) is 21.5. The van der Waals surface area contributed by atoms with E-state index in [0.29, 0.717) is 5.82 Å². The van der Waals surface area contributed by atoms with E-state index in [1.54, 1.807) is 25.0 Å². The molecule has 0 amide bonds. The highest BCUT2D eigenvalue weighted by Gasteiger charge is 2.56. The van der Waals surface area contributed by atoms with E-state index in [-0.39, 0.29) is 45.2 Å². The lowest BCUT2D eigenvalue weighted by molar-refractivity contribution is -0.123. The summed E-state index contributed by atoms with van der Waals surface area (Å²) < 4.78 is 7.39. The molecule has 1 aliphatic carbocycles. The summed E-state index contributed by atoms with van der Waals surface area (Å²) in [5.74, 6) is -2.22. The minimum atomic E-state index is -1.60. The Labute approximate surface area is 218 Å². The number of aromatic nitrogens is 3. The second-order valence-corrected chi connectivity index (χ2v) is 9.65. The van der Waals surface area contributed by atoms with Gasteiger partial charge in [0.15, 0.2) is 23.2 Å². The van der Waals surface area contributed by atoms with Crippen LogP contribution in [0.25, 0.3) is 0 Å². The van der Waals surface area contributed by atoms with E-state index in [1.807, 2.05) is 30.3 Å². The SMILES string of the molecule is CC(=O)c1c(O)c(C)c(O)c2c1OC1=CC(=O)C(=C(C)NC(c3ccccc3)c3ncn(C)n3)C(=O)[C@@]12C. The van der Waals surface area contributed by atoms with E-state index in [1.165, 1.54) is 26.8 Å². The van der Waals surface area contributed by atoms with Gasteiger partial charge in [0.1, 0.15) is 46.4 Å². The third kappa shape index (κ3) is 3.52. The molecule has 0 saturated heterocycles. The number of aryl methyl sites for hydroxylation is 1. The second-order valence-electron chi connectivity index (χ2n) is 9.65. The van der Waals surface area contributed by atoms with Gasteiger partial charge in [-0.1, -0.05) is 30.3 Å². The summed E-state index contributed by atoms with van der Waals surface area (Å²) in [6, 6.07) is 8.80. The van der Waals surface area contributed by atoms with Crippen molar-refractivity contribution in [3.05, 3.63) is 87.8 Å². The molecule has 2 heterocycles. The van der Waals surface area contributed by atoms with Crippen LogP contribution in [0, 0.1) is 6.92 Å². The van der Waals surface area contributed by atoms with Gasteiger partial charge >= 0.3 is 0 Å². The molecule has 10 heteroatoms. The fourth-order valence-corrected chi connectivity index (χ4v) is 5.08. The van der Waals surface area contributed by atoms with E-state index in [0.717, 1.165) is 5.56 Å². The van der Waals surface area contributed by atoms with Gasteiger partial charge in [-0.2, -0.15) is 5.10 Å². The molecule has 194 valence electrons. The first kappa shape index (κ1) is 24.9. The van der Waals surface area contributed by atoms with Crippen LogP contribution in [-0.4, -0.2) is 42.3 Å². The van der Waals surface area contributed by atoms with Crippen LogP contribution < -0.4 is 10.1 Å². The number of hydrogen-bond donors (Lipinski definition) is 3. The number of aromatic hydroxyl groups is 2. The fraction of sp³-hybridized carbons (Fsp3) is 0.250. The standard InChI is InChI=1S/C28H26N4O6/c1-13-23(35)20(15(3)33)25-21(24(13)36)28(4)18(38-25)11-17(34)19(26(28)37)14(2)30-22(16-9-7-6-8-10-16)27-29-12-32(5)31-27/h6-12,22,30,35-36H,1-5H3/t22?,28-/m0/s1. The molecule has 2 atom stereocenters. The van der Waals surface area contributed by atoms with Gasteiger partial charge < -0.3 is 20.3 Å². The maximum atomic E-state index is 14.1. The highest BCUT2D eigenvalue weighted by molar-refractivity contribution is 6.31. The Morgan fingerprint density at radius 2 is 1.82 bits per heavy atom. The first-order valence-corrected chi connectivity index (χ1v) is 11.9. The summed E-state index contributed by atoms with van der Waals surface area (Å²) in [4.78, 5) is 44.1. The highest BCUT2D eigenvalue weighted by Crippen LogP contribution is 2.57. The molecular formula is C28H26N4O6. The lowest BCUT2D eigenvalue weighted by atomic mass is 9.70. The minimum Gasteiger partial charge on any atom is -0.507 e. The smallest absolute Gasteiger partial charge is 0.194 e. The number of benzene rings is 2. The quantitative estimate of drug-likeness (QED) is 0.266. The third-order valence-electron chi connectivity index (χ3n) is 7.13. The van der Waals surface area contributed by atoms with Gasteiger partial charge in [0.25, 0.3) is 0 Å². The minimum absolute atomic E-state index is 0.0205. The zero-order valence-corrected chi connectivity index (χ0v) is 21.5. The van der Waals surface area contributed by atoms with Gasteiger partial charge in [0.05, 0.1) is 11.1 Å². The summed E-state index contributed by atoms with van der Waals surface area (Å²) in [7, 11) is 1.74. The number of carbonyl (C=O) groups is 3. The van der Waals surface area contributed by atoms with Crippen LogP contribution >= 0.6 is 0 Å². The number of allylic oxidation sites excluding steroid dienone is 4. The predicted molar refractivity (Wildman–Crippen MR) is 136 cm³/mol. The molecule has 0 bridgehead atoms. The molecule has 10 nitrogen and oxygen atoms in total. The van der Waals surface area contributed by atoms with Crippen molar-refractivity contribution in [2.45, 2.75) is 39.2 Å². The van der Waals surface area contributed by atoms with Gasteiger partial charge in [0, 0.05) is 24.4 Å². The number of rotatable bonds is 5. The Kier molecular flexibility index (Phi) is 5.70. The predicted octanol–water partition coefficient (Wildman–Crippen LogP) is 3.08. The van der Waals surface area contributed by atoms with Crippen LogP contribution in [0.3, 0.4) is 0 Å². The normalized spacial score (nSPS) is 20.3. The largest absolute Gasteiger partial charge is 0.507 e. The second kappa shape index (κ2) is 8.69. The first-order valence-electron chi connectivity index (χ1n) is 11.9. The molecule has 0 spiro atoms. The van der Waals surface area contributed by atoms with E-state index in [4.69, 9.17) is 4.74 Å². The Morgan fingerprint density at radius 1 is 1.13 bits per heavy atom. The molecule has 1 aromatic heterocycles. The average molecular weight is 515 g/mol. The highest BCUT2D eigenvalue weighted by atomic mass is 16.5. The maximum absolute atomic E-state index is 14.1. The van der Waals surface area contributed by atoms with Crippen molar-refractivity contribution in [2.75, 3.05) is 0 Å². The molecule has 38 heavy (non-hydrogen) atoms.